The third-order valence-corrected chi connectivity index (χ3v) is 2.55. The van der Waals surface area contributed by atoms with Crippen LogP contribution in [0.15, 0.2) is 6.20 Å². The van der Waals surface area contributed by atoms with Gasteiger partial charge < -0.3 is 4.74 Å². The monoisotopic (exact) mass is 230 g/mol. The van der Waals surface area contributed by atoms with Crippen LogP contribution in [0.3, 0.4) is 0 Å². The Balaban J connectivity index is 3.03. The Labute approximate surface area is 94.2 Å². The number of aromatic nitrogens is 2. The van der Waals surface area contributed by atoms with E-state index in [4.69, 9.17) is 16.3 Å². The summed E-state index contributed by atoms with van der Waals surface area (Å²) in [6.45, 7) is 4.43. The van der Waals surface area contributed by atoms with Gasteiger partial charge >= 0.3 is 0 Å². The van der Waals surface area contributed by atoms with E-state index in [9.17, 15) is 4.79 Å². The van der Waals surface area contributed by atoms with E-state index < -0.39 is 6.10 Å². The molecule has 0 amide bonds. The molecule has 1 atom stereocenters. The molecule has 0 spiro atoms. The van der Waals surface area contributed by atoms with Gasteiger partial charge in [0.15, 0.2) is 0 Å². The number of nitrogens with zero attached hydrogens (tertiary/aromatic N) is 2. The predicted octanol–water partition coefficient (Wildman–Crippen LogP) is 2.16. The molecule has 1 unspecified atom stereocenters. The van der Waals surface area contributed by atoms with Crippen LogP contribution in [0.4, 0.5) is 0 Å². The van der Waals surface area contributed by atoms with E-state index in [0.717, 1.165) is 0 Å². The number of rotatable bonds is 5. The summed E-state index contributed by atoms with van der Waals surface area (Å²) in [6.07, 6.45) is 1.67. The van der Waals surface area contributed by atoms with E-state index in [1.807, 2.05) is 13.8 Å². The van der Waals surface area contributed by atoms with Gasteiger partial charge in [-0.05, 0) is 13.3 Å². The van der Waals surface area contributed by atoms with Crippen LogP contribution < -0.4 is 0 Å². The van der Waals surface area contributed by atoms with Gasteiger partial charge in [0, 0.05) is 13.7 Å². The standard InChI is InChI=1S/C10H15ClN2O2/c1-4-8(15-3)10(14)9-7(11)6-12-13(9)5-2/h6,8H,4-5H2,1-3H3. The predicted molar refractivity (Wildman–Crippen MR) is 58.3 cm³/mol. The van der Waals surface area contributed by atoms with E-state index in [0.29, 0.717) is 23.7 Å². The van der Waals surface area contributed by atoms with Gasteiger partial charge in [-0.25, -0.2) is 0 Å². The van der Waals surface area contributed by atoms with Crippen LogP contribution in [0.25, 0.3) is 0 Å². The van der Waals surface area contributed by atoms with Crippen molar-refractivity contribution in [2.24, 2.45) is 0 Å². The molecular weight excluding hydrogens is 216 g/mol. The first-order valence-corrected chi connectivity index (χ1v) is 5.31. The molecule has 1 rings (SSSR count). The minimum Gasteiger partial charge on any atom is -0.373 e. The van der Waals surface area contributed by atoms with Gasteiger partial charge in [0.05, 0.1) is 11.2 Å². The lowest BCUT2D eigenvalue weighted by Gasteiger charge is -2.12. The first-order chi connectivity index (χ1) is 7.15. The molecular formula is C10H15ClN2O2. The maximum atomic E-state index is 12.0. The SMILES string of the molecule is CCC(OC)C(=O)c1c(Cl)cnn1CC. The second-order valence-corrected chi connectivity index (χ2v) is 3.56. The summed E-state index contributed by atoms with van der Waals surface area (Å²) in [7, 11) is 1.52. The van der Waals surface area contributed by atoms with Gasteiger partial charge in [-0.15, -0.1) is 0 Å². The van der Waals surface area contributed by atoms with Gasteiger partial charge in [0.25, 0.3) is 0 Å². The highest BCUT2D eigenvalue weighted by molar-refractivity contribution is 6.33. The molecule has 5 heteroatoms. The summed E-state index contributed by atoms with van der Waals surface area (Å²) >= 11 is 5.92. The largest absolute Gasteiger partial charge is 0.373 e. The van der Waals surface area contributed by atoms with Crippen LogP contribution in [0.1, 0.15) is 30.8 Å². The molecule has 1 aromatic heterocycles. The van der Waals surface area contributed by atoms with Crippen molar-refractivity contribution in [2.45, 2.75) is 32.9 Å². The van der Waals surface area contributed by atoms with E-state index in [-0.39, 0.29) is 5.78 Å². The third kappa shape index (κ3) is 2.38. The molecule has 0 N–H and O–H groups in total. The molecule has 0 radical (unpaired) electrons. The summed E-state index contributed by atoms with van der Waals surface area (Å²) in [4.78, 5) is 12.0. The zero-order valence-electron chi connectivity index (χ0n) is 9.16. The molecule has 1 heterocycles. The van der Waals surface area contributed by atoms with Crippen molar-refractivity contribution in [1.82, 2.24) is 9.78 Å². The number of aryl methyl sites for hydroxylation is 1. The summed E-state index contributed by atoms with van der Waals surface area (Å²) in [5.41, 5.74) is 0.438. The van der Waals surface area contributed by atoms with Crippen molar-refractivity contribution in [3.05, 3.63) is 16.9 Å². The topological polar surface area (TPSA) is 44.1 Å². The Bertz CT molecular complexity index is 345. The Morgan fingerprint density at radius 1 is 1.67 bits per heavy atom. The molecule has 0 saturated heterocycles. The summed E-state index contributed by atoms with van der Waals surface area (Å²) in [5.74, 6) is -0.107. The van der Waals surface area contributed by atoms with Crippen LogP contribution in [0.2, 0.25) is 5.02 Å². The normalized spacial score (nSPS) is 12.8. The van der Waals surface area contributed by atoms with Crippen molar-refractivity contribution in [1.29, 1.82) is 0 Å². The van der Waals surface area contributed by atoms with Crippen molar-refractivity contribution in [3.63, 3.8) is 0 Å². The minimum absolute atomic E-state index is 0.107. The molecule has 0 bridgehead atoms. The van der Waals surface area contributed by atoms with Gasteiger partial charge in [-0.3, -0.25) is 9.48 Å². The fourth-order valence-corrected chi connectivity index (χ4v) is 1.69. The number of halogens is 1. The highest BCUT2D eigenvalue weighted by Crippen LogP contribution is 2.18. The van der Waals surface area contributed by atoms with Gasteiger partial charge in [0.2, 0.25) is 5.78 Å². The molecule has 0 aliphatic heterocycles. The number of hydrogen-bond acceptors (Lipinski definition) is 3. The second kappa shape index (κ2) is 5.28. The van der Waals surface area contributed by atoms with E-state index in [1.165, 1.54) is 13.3 Å². The lowest BCUT2D eigenvalue weighted by molar-refractivity contribution is 0.0585. The first-order valence-electron chi connectivity index (χ1n) is 4.93. The van der Waals surface area contributed by atoms with Crippen LogP contribution in [-0.2, 0) is 11.3 Å². The summed E-state index contributed by atoms with van der Waals surface area (Å²) < 4.78 is 6.68. The average molecular weight is 231 g/mol. The number of hydrogen-bond donors (Lipinski definition) is 0. The maximum absolute atomic E-state index is 12.0. The molecule has 0 aliphatic carbocycles. The number of ketones is 1. The quantitative estimate of drug-likeness (QED) is 0.729. The number of methoxy groups -OCH3 is 1. The smallest absolute Gasteiger partial charge is 0.210 e. The minimum atomic E-state index is -0.440. The van der Waals surface area contributed by atoms with E-state index in [1.54, 1.807) is 4.68 Å². The average Bonchev–Trinajstić information content (AvgIpc) is 2.61. The molecule has 84 valence electrons. The van der Waals surface area contributed by atoms with Crippen LogP contribution in [0.5, 0.6) is 0 Å². The first kappa shape index (κ1) is 12.2. The van der Waals surface area contributed by atoms with Crippen molar-refractivity contribution in [2.75, 3.05) is 7.11 Å². The lowest BCUT2D eigenvalue weighted by Crippen LogP contribution is -2.25. The third-order valence-electron chi connectivity index (χ3n) is 2.28. The number of carbonyl (C=O) groups excluding carboxylic acids is 1. The Morgan fingerprint density at radius 3 is 2.80 bits per heavy atom. The Kier molecular flexibility index (Phi) is 4.29. The fraction of sp³-hybridized carbons (Fsp3) is 0.600. The zero-order chi connectivity index (χ0) is 11.4. The zero-order valence-corrected chi connectivity index (χ0v) is 9.91. The molecule has 15 heavy (non-hydrogen) atoms. The summed E-state index contributed by atoms with van der Waals surface area (Å²) in [5, 5.41) is 4.40. The molecule has 0 saturated carbocycles. The van der Waals surface area contributed by atoms with Gasteiger partial charge in [0.1, 0.15) is 11.8 Å². The van der Waals surface area contributed by atoms with E-state index >= 15 is 0 Å². The maximum Gasteiger partial charge on any atom is 0.210 e. The molecule has 0 aromatic carbocycles. The second-order valence-electron chi connectivity index (χ2n) is 3.15. The Hall–Kier alpha value is -0.870. The van der Waals surface area contributed by atoms with Gasteiger partial charge in [-0.1, -0.05) is 18.5 Å². The van der Waals surface area contributed by atoms with Crippen molar-refractivity contribution < 1.29 is 9.53 Å². The van der Waals surface area contributed by atoms with Crippen molar-refractivity contribution in [3.8, 4) is 0 Å². The van der Waals surface area contributed by atoms with Crippen molar-refractivity contribution >= 4 is 17.4 Å². The number of carbonyl (C=O) groups is 1. The van der Waals surface area contributed by atoms with Gasteiger partial charge in [-0.2, -0.15) is 5.10 Å². The highest BCUT2D eigenvalue weighted by atomic mass is 35.5. The molecule has 4 nitrogen and oxygen atoms in total. The van der Waals surface area contributed by atoms with Crippen LogP contribution in [-0.4, -0.2) is 28.8 Å². The molecule has 0 aliphatic rings. The highest BCUT2D eigenvalue weighted by Gasteiger charge is 2.24. The summed E-state index contributed by atoms with van der Waals surface area (Å²) in [6, 6.07) is 0. The number of ether oxygens (including phenoxy) is 1. The lowest BCUT2D eigenvalue weighted by atomic mass is 10.1. The number of Topliss-reactive ketones (excluding diaryl/α,β-unsaturated/α-hetero) is 1. The Morgan fingerprint density at radius 2 is 2.33 bits per heavy atom. The molecule has 1 aromatic rings. The van der Waals surface area contributed by atoms with Crippen LogP contribution >= 0.6 is 11.6 Å². The van der Waals surface area contributed by atoms with Crippen LogP contribution in [0, 0.1) is 0 Å². The van der Waals surface area contributed by atoms with E-state index in [2.05, 4.69) is 5.10 Å². The molecule has 0 fully saturated rings. The fourth-order valence-electron chi connectivity index (χ4n) is 1.46.